The zero-order chi connectivity index (χ0) is 10.1. The van der Waals surface area contributed by atoms with Crippen molar-refractivity contribution in [2.24, 2.45) is 4.99 Å². The van der Waals surface area contributed by atoms with Crippen molar-refractivity contribution in [2.75, 3.05) is 20.8 Å². The van der Waals surface area contributed by atoms with Crippen molar-refractivity contribution in [1.29, 1.82) is 0 Å². The highest BCUT2D eigenvalue weighted by atomic mass is 28.2. The second-order valence-electron chi connectivity index (χ2n) is 2.60. The van der Waals surface area contributed by atoms with E-state index in [2.05, 4.69) is 11.6 Å². The molecule has 0 spiro atoms. The summed E-state index contributed by atoms with van der Waals surface area (Å²) in [7, 11) is 2.74. The van der Waals surface area contributed by atoms with Crippen LogP contribution in [0.1, 0.15) is 0 Å². The Kier molecular flexibility index (Phi) is 7.43. The first kappa shape index (κ1) is 12.3. The van der Waals surface area contributed by atoms with Crippen LogP contribution in [0, 0.1) is 0 Å². The van der Waals surface area contributed by atoms with E-state index in [9.17, 15) is 4.79 Å². The van der Waals surface area contributed by atoms with E-state index >= 15 is 0 Å². The molecule has 13 heavy (non-hydrogen) atoms. The number of aliphatic imine (C=N–C) groups is 1. The molecule has 0 rings (SSSR count). The van der Waals surface area contributed by atoms with Crippen LogP contribution in [0.3, 0.4) is 0 Å². The maximum absolute atomic E-state index is 9.79. The summed E-state index contributed by atoms with van der Waals surface area (Å²) in [6.07, 6.45) is 1.34. The average Bonchev–Trinajstić information content (AvgIpc) is 2.16. The number of carbonyl (C=O) groups excluding carboxylic acids is 1. The van der Waals surface area contributed by atoms with Gasteiger partial charge in [-0.1, -0.05) is 5.20 Å². The molecule has 0 saturated heterocycles. The lowest BCUT2D eigenvalue weighted by atomic mass is 10.6. The Labute approximate surface area is 80.5 Å². The van der Waals surface area contributed by atoms with Gasteiger partial charge in [-0.15, -0.1) is 6.58 Å². The van der Waals surface area contributed by atoms with E-state index in [-0.39, 0.29) is 6.29 Å². The third-order valence-corrected chi connectivity index (χ3v) is 3.32. The fourth-order valence-electron chi connectivity index (χ4n) is 0.877. The van der Waals surface area contributed by atoms with E-state index in [1.165, 1.54) is 6.08 Å². The third kappa shape index (κ3) is 6.42. The smallest absolute Gasteiger partial charge is 0.235 e. The van der Waals surface area contributed by atoms with Crippen LogP contribution in [-0.4, -0.2) is 42.7 Å². The van der Waals surface area contributed by atoms with E-state index < -0.39 is 9.52 Å². The van der Waals surface area contributed by atoms with Crippen LogP contribution in [0.5, 0.6) is 0 Å². The maximum Gasteiger partial charge on any atom is 0.235 e. The number of isocyanates is 1. The molecule has 0 unspecified atom stereocenters. The summed E-state index contributed by atoms with van der Waals surface area (Å²) in [6.45, 7) is 4.21. The molecule has 0 fully saturated rings. The summed E-state index contributed by atoms with van der Waals surface area (Å²) in [6, 6.07) is 0.861. The zero-order valence-electron chi connectivity index (χ0n) is 8.08. The zero-order valence-corrected chi connectivity index (χ0v) is 9.49. The Morgan fingerprint density at radius 2 is 2.23 bits per heavy atom. The molecule has 0 radical (unpaired) electrons. The molecule has 0 aromatic rings. The number of nitrogens with zero attached hydrogens (tertiary/aromatic N) is 1. The second kappa shape index (κ2) is 7.88. The molecule has 0 bridgehead atoms. The molecule has 0 heterocycles. The molecule has 0 atom stereocenters. The average molecular weight is 201 g/mol. The summed E-state index contributed by atoms with van der Waals surface area (Å²) in [5, 5.41) is 1.02. The van der Waals surface area contributed by atoms with E-state index in [0.717, 1.165) is 11.2 Å². The Morgan fingerprint density at radius 1 is 1.62 bits per heavy atom. The van der Waals surface area contributed by atoms with Crippen LogP contribution >= 0.6 is 0 Å². The first-order valence-electron chi connectivity index (χ1n) is 4.00. The van der Waals surface area contributed by atoms with Gasteiger partial charge in [0.2, 0.25) is 6.08 Å². The first-order chi connectivity index (χ1) is 6.24. The molecule has 0 aliphatic carbocycles. The monoisotopic (exact) mass is 201 g/mol. The molecule has 74 valence electrons. The van der Waals surface area contributed by atoms with Gasteiger partial charge in [0.25, 0.3) is 0 Å². The molecule has 0 aliphatic rings. The topological polar surface area (TPSA) is 47.9 Å². The van der Waals surface area contributed by atoms with Gasteiger partial charge < -0.3 is 9.47 Å². The van der Waals surface area contributed by atoms with Crippen molar-refractivity contribution in [3.63, 3.8) is 0 Å². The van der Waals surface area contributed by atoms with Crippen molar-refractivity contribution in [2.45, 2.75) is 12.3 Å². The highest BCUT2D eigenvalue weighted by Crippen LogP contribution is 2.01. The van der Waals surface area contributed by atoms with E-state index in [4.69, 9.17) is 9.47 Å². The van der Waals surface area contributed by atoms with Gasteiger partial charge >= 0.3 is 0 Å². The molecule has 0 amide bonds. The number of rotatable bonds is 7. The highest BCUT2D eigenvalue weighted by Gasteiger charge is 2.05. The quantitative estimate of drug-likeness (QED) is 0.253. The Bertz CT molecular complexity index is 198. The molecule has 0 aliphatic heterocycles. The summed E-state index contributed by atoms with van der Waals surface area (Å²) >= 11 is 0. The van der Waals surface area contributed by atoms with E-state index in [0.29, 0.717) is 6.54 Å². The highest BCUT2D eigenvalue weighted by molar-refractivity contribution is 6.45. The van der Waals surface area contributed by atoms with Gasteiger partial charge in [0.05, 0.1) is 16.1 Å². The summed E-state index contributed by atoms with van der Waals surface area (Å²) in [5.41, 5.74) is 0. The maximum atomic E-state index is 9.79. The number of hydrogen-bond donors (Lipinski definition) is 0. The van der Waals surface area contributed by atoms with Gasteiger partial charge in [-0.05, 0) is 6.04 Å². The van der Waals surface area contributed by atoms with Crippen molar-refractivity contribution in [3.05, 3.63) is 11.8 Å². The lowest BCUT2D eigenvalue weighted by Crippen LogP contribution is -2.16. The van der Waals surface area contributed by atoms with Crippen LogP contribution in [0.4, 0.5) is 0 Å². The third-order valence-electron chi connectivity index (χ3n) is 1.63. The molecule has 0 saturated carbocycles. The lowest BCUT2D eigenvalue weighted by Gasteiger charge is -2.12. The van der Waals surface area contributed by atoms with Gasteiger partial charge in [-0.25, -0.2) is 9.79 Å². The minimum atomic E-state index is -0.471. The van der Waals surface area contributed by atoms with Crippen LogP contribution in [-0.2, 0) is 14.3 Å². The normalized spacial score (nSPS) is 10.7. The van der Waals surface area contributed by atoms with E-state index in [1.54, 1.807) is 14.2 Å². The van der Waals surface area contributed by atoms with Crippen LogP contribution in [0.25, 0.3) is 0 Å². The minimum absolute atomic E-state index is 0.149. The lowest BCUT2D eigenvalue weighted by molar-refractivity contribution is -0.0875. The summed E-state index contributed by atoms with van der Waals surface area (Å²) in [4.78, 5) is 13.2. The van der Waals surface area contributed by atoms with Crippen LogP contribution in [0.2, 0.25) is 6.04 Å². The molecule has 0 aromatic heterocycles. The van der Waals surface area contributed by atoms with Gasteiger partial charge in [-0.3, -0.25) is 0 Å². The van der Waals surface area contributed by atoms with E-state index in [1.807, 2.05) is 0 Å². The fourth-order valence-corrected chi connectivity index (χ4v) is 2.26. The van der Waals surface area contributed by atoms with Crippen molar-refractivity contribution < 1.29 is 14.3 Å². The van der Waals surface area contributed by atoms with Gasteiger partial charge in [0, 0.05) is 14.2 Å². The SMILES string of the molecule is C=C(CN=C=O)[SiH2]CC(OC)OC. The standard InChI is InChI=1S/C8H15NO3Si/c1-7(4-9-6-10)13-5-8(11-2)12-3/h8H,1,4-5,13H2,2-3H3. The molecule has 0 aromatic carbocycles. The summed E-state index contributed by atoms with van der Waals surface area (Å²) in [5.74, 6) is 0. The van der Waals surface area contributed by atoms with Crippen LogP contribution < -0.4 is 0 Å². The van der Waals surface area contributed by atoms with Crippen molar-refractivity contribution >= 4 is 15.6 Å². The van der Waals surface area contributed by atoms with Crippen LogP contribution in [0.15, 0.2) is 16.8 Å². The minimum Gasteiger partial charge on any atom is -0.356 e. The van der Waals surface area contributed by atoms with Crippen molar-refractivity contribution in [3.8, 4) is 0 Å². The summed E-state index contributed by atoms with van der Waals surface area (Å²) < 4.78 is 10.0. The second-order valence-corrected chi connectivity index (χ2v) is 4.67. The number of ether oxygens (including phenoxy) is 2. The molecular formula is C8H15NO3Si. The molecule has 0 N–H and O–H groups in total. The Morgan fingerprint density at radius 3 is 2.69 bits per heavy atom. The molecule has 5 heteroatoms. The number of methoxy groups -OCH3 is 2. The largest absolute Gasteiger partial charge is 0.356 e. The predicted octanol–water partition coefficient (Wildman–Crippen LogP) is 0.0419. The Balaban J connectivity index is 3.61. The molecular weight excluding hydrogens is 186 g/mol. The molecule has 4 nitrogen and oxygen atoms in total. The predicted molar refractivity (Wildman–Crippen MR) is 53.3 cm³/mol. The van der Waals surface area contributed by atoms with Gasteiger partial charge in [0.1, 0.15) is 0 Å². The first-order valence-corrected chi connectivity index (χ1v) is 5.71. The van der Waals surface area contributed by atoms with Gasteiger partial charge in [-0.2, -0.15) is 0 Å². The van der Waals surface area contributed by atoms with Gasteiger partial charge in [0.15, 0.2) is 6.29 Å². The fraction of sp³-hybridized carbons (Fsp3) is 0.625. The number of hydrogen-bond acceptors (Lipinski definition) is 4. The van der Waals surface area contributed by atoms with Crippen molar-refractivity contribution in [1.82, 2.24) is 0 Å². The Hall–Kier alpha value is -0.743.